The summed E-state index contributed by atoms with van der Waals surface area (Å²) in [6.07, 6.45) is 7.50. The monoisotopic (exact) mass is 369 g/mol. The van der Waals surface area contributed by atoms with Gasteiger partial charge >= 0.3 is 5.97 Å². The van der Waals surface area contributed by atoms with E-state index in [1.54, 1.807) is 30.6 Å². The second-order valence-corrected chi connectivity index (χ2v) is 5.65. The molecule has 0 atom stereocenters. The second kappa shape index (κ2) is 7.09. The van der Waals surface area contributed by atoms with Crippen LogP contribution in [0.15, 0.2) is 66.1 Å². The van der Waals surface area contributed by atoms with Gasteiger partial charge in [0.1, 0.15) is 17.0 Å². The van der Waals surface area contributed by atoms with Gasteiger partial charge in [-0.15, -0.1) is 0 Å². The lowest BCUT2D eigenvalue weighted by Crippen LogP contribution is -2.19. The molecule has 4 aromatic rings. The van der Waals surface area contributed by atoms with Gasteiger partial charge in [0.05, 0.1) is 5.39 Å². The van der Waals surface area contributed by atoms with Gasteiger partial charge in [-0.05, 0) is 36.3 Å². The van der Waals surface area contributed by atoms with Crippen molar-refractivity contribution in [3.8, 4) is 17.7 Å². The number of hydrogen-bond acceptors (Lipinski definition) is 6. The van der Waals surface area contributed by atoms with Crippen molar-refractivity contribution < 1.29 is 9.90 Å². The van der Waals surface area contributed by atoms with E-state index in [0.29, 0.717) is 17.0 Å². The summed E-state index contributed by atoms with van der Waals surface area (Å²) in [7, 11) is 0. The Morgan fingerprint density at radius 1 is 1.04 bits per heavy atom. The van der Waals surface area contributed by atoms with E-state index in [-0.39, 0.29) is 16.8 Å². The predicted octanol–water partition coefficient (Wildman–Crippen LogP) is 1.67. The Balaban J connectivity index is 1.88. The maximum absolute atomic E-state index is 12.4. The Hall–Kier alpha value is -4.38. The van der Waals surface area contributed by atoms with Gasteiger partial charge in [-0.2, -0.15) is 0 Å². The smallest absolute Gasteiger partial charge is 0.341 e. The van der Waals surface area contributed by atoms with Gasteiger partial charge in [-0.1, -0.05) is 5.92 Å². The van der Waals surface area contributed by atoms with Gasteiger partial charge in [0, 0.05) is 36.5 Å². The standard InChI is InChI=1S/C20H11N5O3/c26-18-14-4-2-9-23-19(14)25(12-15(18)20(27)28)17-7-10-22-16(24-17)6-5-13-3-1-8-21-11-13/h1-4,7-12H,(H,27,28). The SMILES string of the molecule is O=C(O)c1cn(-c2ccnc(C#Cc3cccnc3)n2)c2ncccc2c1=O. The van der Waals surface area contributed by atoms with Crippen LogP contribution < -0.4 is 5.43 Å². The molecule has 0 aliphatic heterocycles. The van der Waals surface area contributed by atoms with Crippen molar-refractivity contribution >= 4 is 17.0 Å². The van der Waals surface area contributed by atoms with Crippen LogP contribution >= 0.6 is 0 Å². The van der Waals surface area contributed by atoms with Crippen LogP contribution in [0.3, 0.4) is 0 Å². The Kier molecular flexibility index (Phi) is 4.32. The van der Waals surface area contributed by atoms with E-state index in [2.05, 4.69) is 31.8 Å². The number of aromatic nitrogens is 5. The van der Waals surface area contributed by atoms with Crippen molar-refractivity contribution in [2.75, 3.05) is 0 Å². The molecule has 134 valence electrons. The zero-order chi connectivity index (χ0) is 19.5. The number of carbonyl (C=O) groups is 1. The first kappa shape index (κ1) is 17.1. The average molecular weight is 369 g/mol. The summed E-state index contributed by atoms with van der Waals surface area (Å²) in [4.78, 5) is 40.5. The number of hydrogen-bond donors (Lipinski definition) is 1. The summed E-state index contributed by atoms with van der Waals surface area (Å²) in [6.45, 7) is 0. The third-order valence-corrected chi connectivity index (χ3v) is 3.86. The van der Waals surface area contributed by atoms with Crippen LogP contribution in [0.5, 0.6) is 0 Å². The van der Waals surface area contributed by atoms with Gasteiger partial charge in [-0.3, -0.25) is 14.3 Å². The van der Waals surface area contributed by atoms with Crippen LogP contribution in [-0.4, -0.2) is 35.6 Å². The summed E-state index contributed by atoms with van der Waals surface area (Å²) in [5, 5.41) is 9.55. The highest BCUT2D eigenvalue weighted by atomic mass is 16.4. The third kappa shape index (κ3) is 3.20. The fourth-order valence-corrected chi connectivity index (χ4v) is 2.60. The van der Waals surface area contributed by atoms with E-state index in [4.69, 9.17) is 0 Å². The zero-order valence-corrected chi connectivity index (χ0v) is 14.3. The van der Waals surface area contributed by atoms with E-state index in [9.17, 15) is 14.7 Å². The Labute approximate surface area is 158 Å². The number of nitrogens with zero attached hydrogens (tertiary/aromatic N) is 5. The maximum Gasteiger partial charge on any atom is 0.341 e. The number of fused-ring (bicyclic) bond motifs is 1. The first-order chi connectivity index (χ1) is 13.6. The van der Waals surface area contributed by atoms with Crippen molar-refractivity contribution in [2.24, 2.45) is 0 Å². The second-order valence-electron chi connectivity index (χ2n) is 5.65. The van der Waals surface area contributed by atoms with Gasteiger partial charge in [-0.25, -0.2) is 19.7 Å². The Bertz CT molecular complexity index is 1320. The topological polar surface area (TPSA) is 111 Å². The van der Waals surface area contributed by atoms with Crippen molar-refractivity contribution in [3.05, 3.63) is 88.5 Å². The molecule has 4 aromatic heterocycles. The third-order valence-electron chi connectivity index (χ3n) is 3.86. The molecule has 0 saturated carbocycles. The highest BCUT2D eigenvalue weighted by Gasteiger charge is 2.16. The molecule has 1 N–H and O–H groups in total. The fourth-order valence-electron chi connectivity index (χ4n) is 2.60. The maximum atomic E-state index is 12.4. The molecular formula is C20H11N5O3. The molecule has 4 heterocycles. The molecule has 0 radical (unpaired) electrons. The average Bonchev–Trinajstić information content (AvgIpc) is 2.73. The minimum atomic E-state index is -1.32. The lowest BCUT2D eigenvalue weighted by Gasteiger charge is -2.10. The van der Waals surface area contributed by atoms with Gasteiger partial charge < -0.3 is 5.11 Å². The molecule has 0 amide bonds. The number of aromatic carboxylic acids is 1. The Morgan fingerprint density at radius 3 is 2.68 bits per heavy atom. The number of pyridine rings is 3. The quantitative estimate of drug-likeness (QED) is 0.535. The summed E-state index contributed by atoms with van der Waals surface area (Å²) >= 11 is 0. The number of carboxylic acid groups (broad SMARTS) is 1. The highest BCUT2D eigenvalue weighted by Crippen LogP contribution is 2.14. The summed E-state index contributed by atoms with van der Waals surface area (Å²) in [6, 6.07) is 8.26. The van der Waals surface area contributed by atoms with Crippen LogP contribution in [0.4, 0.5) is 0 Å². The Morgan fingerprint density at radius 2 is 1.89 bits per heavy atom. The molecule has 0 bridgehead atoms. The van der Waals surface area contributed by atoms with E-state index in [0.717, 1.165) is 0 Å². The molecule has 28 heavy (non-hydrogen) atoms. The molecule has 0 aliphatic rings. The van der Waals surface area contributed by atoms with E-state index < -0.39 is 11.4 Å². The molecule has 0 unspecified atom stereocenters. The van der Waals surface area contributed by atoms with Crippen LogP contribution in [0.2, 0.25) is 0 Å². The van der Waals surface area contributed by atoms with Crippen molar-refractivity contribution in [1.29, 1.82) is 0 Å². The van der Waals surface area contributed by atoms with Crippen molar-refractivity contribution in [3.63, 3.8) is 0 Å². The first-order valence-corrected chi connectivity index (χ1v) is 8.12. The van der Waals surface area contributed by atoms with Crippen molar-refractivity contribution in [1.82, 2.24) is 24.5 Å². The largest absolute Gasteiger partial charge is 0.477 e. The summed E-state index contributed by atoms with van der Waals surface area (Å²) < 4.78 is 1.44. The molecule has 0 saturated heterocycles. The van der Waals surface area contributed by atoms with E-state index in [1.807, 2.05) is 6.07 Å². The predicted molar refractivity (Wildman–Crippen MR) is 100 cm³/mol. The molecule has 8 heteroatoms. The minimum absolute atomic E-state index is 0.184. The summed E-state index contributed by atoms with van der Waals surface area (Å²) in [5.74, 6) is 5.01. The number of rotatable bonds is 2. The van der Waals surface area contributed by atoms with Crippen LogP contribution in [0.25, 0.3) is 16.9 Å². The molecule has 0 aromatic carbocycles. The lowest BCUT2D eigenvalue weighted by atomic mass is 10.2. The summed E-state index contributed by atoms with van der Waals surface area (Å²) in [5.41, 5.74) is 0.0297. The van der Waals surface area contributed by atoms with E-state index >= 15 is 0 Å². The lowest BCUT2D eigenvalue weighted by molar-refractivity contribution is 0.0695. The van der Waals surface area contributed by atoms with Crippen LogP contribution in [-0.2, 0) is 0 Å². The zero-order valence-electron chi connectivity index (χ0n) is 14.3. The molecule has 8 nitrogen and oxygen atoms in total. The van der Waals surface area contributed by atoms with E-state index in [1.165, 1.54) is 29.2 Å². The van der Waals surface area contributed by atoms with Crippen LogP contribution in [0.1, 0.15) is 21.7 Å². The normalized spacial score (nSPS) is 10.3. The van der Waals surface area contributed by atoms with Gasteiger partial charge in [0.15, 0.2) is 0 Å². The highest BCUT2D eigenvalue weighted by molar-refractivity contribution is 5.92. The molecule has 0 spiro atoms. The molecule has 4 rings (SSSR count). The molecular weight excluding hydrogens is 358 g/mol. The van der Waals surface area contributed by atoms with Gasteiger partial charge in [0.25, 0.3) is 0 Å². The fraction of sp³-hybridized carbons (Fsp3) is 0. The van der Waals surface area contributed by atoms with Gasteiger partial charge in [0.2, 0.25) is 11.3 Å². The molecule has 0 fully saturated rings. The number of carboxylic acids is 1. The minimum Gasteiger partial charge on any atom is -0.477 e. The van der Waals surface area contributed by atoms with Crippen LogP contribution in [0, 0.1) is 11.8 Å². The molecule has 0 aliphatic carbocycles. The first-order valence-electron chi connectivity index (χ1n) is 8.12. The van der Waals surface area contributed by atoms with Crippen molar-refractivity contribution in [2.45, 2.75) is 0 Å².